The van der Waals surface area contributed by atoms with Gasteiger partial charge in [-0.25, -0.2) is 0 Å². The lowest BCUT2D eigenvalue weighted by Gasteiger charge is -2.29. The minimum absolute atomic E-state index is 0.0939. The first-order chi connectivity index (χ1) is 18.9. The maximum Gasteiger partial charge on any atom is 0.295 e. The summed E-state index contributed by atoms with van der Waals surface area (Å²) in [4.78, 5) is 30.6. The number of benzene rings is 2. The quantitative estimate of drug-likeness (QED) is 0.186. The lowest BCUT2D eigenvalue weighted by Crippen LogP contribution is -2.38. The monoisotopic (exact) mass is 534 g/mol. The predicted molar refractivity (Wildman–Crippen MR) is 150 cm³/mol. The molecule has 4 rings (SSSR count). The van der Waals surface area contributed by atoms with E-state index in [-0.39, 0.29) is 11.3 Å². The molecule has 1 unspecified atom stereocenters. The van der Waals surface area contributed by atoms with E-state index < -0.39 is 17.7 Å². The molecule has 2 saturated heterocycles. The van der Waals surface area contributed by atoms with Gasteiger partial charge in [0.1, 0.15) is 23.9 Å². The number of hydrogen-bond acceptors (Lipinski definition) is 7. The number of Topliss-reactive ketones (excluding diaryl/α,β-unsaturated/α-hetero) is 1. The van der Waals surface area contributed by atoms with Gasteiger partial charge in [-0.3, -0.25) is 14.5 Å². The van der Waals surface area contributed by atoms with Gasteiger partial charge in [-0.1, -0.05) is 31.7 Å². The first-order valence-corrected chi connectivity index (χ1v) is 13.6. The summed E-state index contributed by atoms with van der Waals surface area (Å²) in [5, 5.41) is 11.5. The largest absolute Gasteiger partial charge is 0.507 e. The van der Waals surface area contributed by atoms with Crippen molar-refractivity contribution in [3.8, 4) is 11.5 Å². The van der Waals surface area contributed by atoms with E-state index in [0.29, 0.717) is 56.5 Å². The molecule has 1 atom stereocenters. The van der Waals surface area contributed by atoms with Crippen LogP contribution in [0.1, 0.15) is 42.5 Å². The zero-order valence-corrected chi connectivity index (χ0v) is 22.9. The van der Waals surface area contributed by atoms with Gasteiger partial charge in [-0.15, -0.1) is 0 Å². The van der Waals surface area contributed by atoms with Crippen LogP contribution in [0.4, 0.5) is 0 Å². The number of carbonyl (C=O) groups is 2. The molecule has 2 aromatic carbocycles. The Morgan fingerprint density at radius 2 is 1.79 bits per heavy atom. The number of aliphatic hydroxyl groups excluding tert-OH is 1. The molecular formula is C31H38N2O6. The van der Waals surface area contributed by atoms with Crippen molar-refractivity contribution in [2.75, 3.05) is 52.6 Å². The lowest BCUT2D eigenvalue weighted by atomic mass is 9.93. The average molecular weight is 535 g/mol. The van der Waals surface area contributed by atoms with E-state index in [2.05, 4.69) is 11.5 Å². The van der Waals surface area contributed by atoms with Crippen molar-refractivity contribution in [2.45, 2.75) is 32.7 Å². The van der Waals surface area contributed by atoms with Gasteiger partial charge in [0.15, 0.2) is 0 Å². The van der Waals surface area contributed by atoms with Gasteiger partial charge < -0.3 is 24.2 Å². The van der Waals surface area contributed by atoms with Crippen LogP contribution in [0.15, 0.2) is 60.7 Å². The van der Waals surface area contributed by atoms with Gasteiger partial charge in [-0.05, 0) is 61.2 Å². The van der Waals surface area contributed by atoms with Crippen molar-refractivity contribution in [2.24, 2.45) is 0 Å². The number of likely N-dealkylation sites (tertiary alicyclic amines) is 1. The zero-order chi connectivity index (χ0) is 27.8. The Labute approximate surface area is 230 Å². The van der Waals surface area contributed by atoms with E-state index >= 15 is 0 Å². The summed E-state index contributed by atoms with van der Waals surface area (Å²) < 4.78 is 16.8. The molecular weight excluding hydrogens is 496 g/mol. The predicted octanol–water partition coefficient (Wildman–Crippen LogP) is 4.49. The number of morpholine rings is 1. The molecule has 8 heteroatoms. The summed E-state index contributed by atoms with van der Waals surface area (Å²) in [6, 6.07) is 11.9. The molecule has 0 radical (unpaired) electrons. The number of ketones is 1. The maximum atomic E-state index is 13.4. The van der Waals surface area contributed by atoms with Crippen molar-refractivity contribution in [3.63, 3.8) is 0 Å². The Kier molecular flexibility index (Phi) is 9.79. The fraction of sp³-hybridized carbons (Fsp3) is 0.419. The molecule has 2 heterocycles. The fourth-order valence-electron chi connectivity index (χ4n) is 5.00. The molecule has 2 aromatic rings. The van der Waals surface area contributed by atoms with Crippen LogP contribution in [0.3, 0.4) is 0 Å². The second kappa shape index (κ2) is 13.4. The molecule has 0 aromatic heterocycles. The van der Waals surface area contributed by atoms with Gasteiger partial charge >= 0.3 is 0 Å². The number of aliphatic hydroxyl groups is 1. The number of rotatable bonds is 12. The van der Waals surface area contributed by atoms with Crippen molar-refractivity contribution >= 4 is 17.4 Å². The first-order valence-electron chi connectivity index (χ1n) is 13.6. The number of hydrogen-bond donors (Lipinski definition) is 1. The number of aryl methyl sites for hydroxylation is 1. The summed E-state index contributed by atoms with van der Waals surface area (Å²) in [5.74, 6) is -0.110. The summed E-state index contributed by atoms with van der Waals surface area (Å²) in [5.41, 5.74) is 2.08. The summed E-state index contributed by atoms with van der Waals surface area (Å²) in [7, 11) is 0. The standard InChI is InChI=1S/C31H38N2O6/c1-4-17-38-24-9-7-23(8-10-24)28-27(29(34)26-12-11-25(21-22(26)3)39-18-5-2)30(35)31(36)33(28)14-6-13-32-15-19-37-20-16-32/h4,7-12,21,28,34H,1,5-6,13-20H2,2-3H3/b29-27-. The van der Waals surface area contributed by atoms with Gasteiger partial charge in [0.05, 0.1) is 31.4 Å². The lowest BCUT2D eigenvalue weighted by molar-refractivity contribution is -0.140. The molecule has 2 aliphatic rings. The highest BCUT2D eigenvalue weighted by molar-refractivity contribution is 6.46. The first kappa shape index (κ1) is 28.4. The Balaban J connectivity index is 1.67. The van der Waals surface area contributed by atoms with Crippen LogP contribution < -0.4 is 9.47 Å². The van der Waals surface area contributed by atoms with Crippen LogP contribution in [0, 0.1) is 6.92 Å². The Bertz CT molecular complexity index is 1200. The van der Waals surface area contributed by atoms with Crippen molar-refractivity contribution in [1.29, 1.82) is 0 Å². The molecule has 39 heavy (non-hydrogen) atoms. The SMILES string of the molecule is C=CCOc1ccc(C2/C(=C(/O)c3ccc(OCCC)cc3C)C(=O)C(=O)N2CCCN2CCOCC2)cc1. The number of nitrogens with zero attached hydrogens (tertiary/aromatic N) is 2. The molecule has 208 valence electrons. The smallest absolute Gasteiger partial charge is 0.295 e. The van der Waals surface area contributed by atoms with Gasteiger partial charge in [0.2, 0.25) is 0 Å². The van der Waals surface area contributed by atoms with Crippen LogP contribution in [-0.4, -0.2) is 79.2 Å². The van der Waals surface area contributed by atoms with Crippen LogP contribution in [0.25, 0.3) is 5.76 Å². The minimum Gasteiger partial charge on any atom is -0.507 e. The molecule has 2 fully saturated rings. The van der Waals surface area contributed by atoms with Crippen LogP contribution in [0.2, 0.25) is 0 Å². The maximum absolute atomic E-state index is 13.4. The second-order valence-electron chi connectivity index (χ2n) is 9.79. The van der Waals surface area contributed by atoms with Gasteiger partial charge in [0.25, 0.3) is 11.7 Å². The van der Waals surface area contributed by atoms with E-state index in [9.17, 15) is 14.7 Å². The molecule has 1 amide bonds. The third-order valence-electron chi connectivity index (χ3n) is 7.01. The van der Waals surface area contributed by atoms with Crippen molar-refractivity contribution in [3.05, 3.63) is 77.4 Å². The molecule has 0 bridgehead atoms. The van der Waals surface area contributed by atoms with E-state index in [1.54, 1.807) is 35.2 Å². The third kappa shape index (κ3) is 6.69. The topological polar surface area (TPSA) is 88.5 Å². The summed E-state index contributed by atoms with van der Waals surface area (Å²) >= 11 is 0. The second-order valence-corrected chi connectivity index (χ2v) is 9.79. The number of ether oxygens (including phenoxy) is 3. The minimum atomic E-state index is -0.710. The molecule has 8 nitrogen and oxygen atoms in total. The fourth-order valence-corrected chi connectivity index (χ4v) is 5.00. The van der Waals surface area contributed by atoms with Gasteiger partial charge in [-0.2, -0.15) is 0 Å². The highest BCUT2D eigenvalue weighted by Crippen LogP contribution is 2.40. The Morgan fingerprint density at radius 1 is 1.08 bits per heavy atom. The third-order valence-corrected chi connectivity index (χ3v) is 7.01. The molecule has 0 saturated carbocycles. The molecule has 2 aliphatic heterocycles. The number of carbonyl (C=O) groups excluding carboxylic acids is 2. The van der Waals surface area contributed by atoms with E-state index in [4.69, 9.17) is 14.2 Å². The van der Waals surface area contributed by atoms with Crippen LogP contribution >= 0.6 is 0 Å². The van der Waals surface area contributed by atoms with Crippen LogP contribution in [-0.2, 0) is 14.3 Å². The molecule has 0 aliphatic carbocycles. The van der Waals surface area contributed by atoms with Gasteiger partial charge in [0, 0.05) is 31.7 Å². The highest BCUT2D eigenvalue weighted by atomic mass is 16.5. The number of amides is 1. The van der Waals surface area contributed by atoms with E-state index in [0.717, 1.165) is 37.2 Å². The Hall–Kier alpha value is -3.62. The summed E-state index contributed by atoms with van der Waals surface area (Å²) in [6.45, 7) is 12.8. The average Bonchev–Trinajstić information content (AvgIpc) is 3.20. The zero-order valence-electron chi connectivity index (χ0n) is 22.9. The van der Waals surface area contributed by atoms with E-state index in [1.165, 1.54) is 0 Å². The molecule has 0 spiro atoms. The molecule has 1 N–H and O–H groups in total. The van der Waals surface area contributed by atoms with Crippen LogP contribution in [0.5, 0.6) is 11.5 Å². The van der Waals surface area contributed by atoms with Crippen molar-refractivity contribution in [1.82, 2.24) is 9.80 Å². The highest BCUT2D eigenvalue weighted by Gasteiger charge is 2.46. The van der Waals surface area contributed by atoms with Crippen molar-refractivity contribution < 1.29 is 28.9 Å². The van der Waals surface area contributed by atoms with E-state index in [1.807, 2.05) is 32.0 Å². The normalized spacial score (nSPS) is 19.3. The summed E-state index contributed by atoms with van der Waals surface area (Å²) in [6.07, 6.45) is 3.25. The Morgan fingerprint density at radius 3 is 2.46 bits per heavy atom.